The van der Waals surface area contributed by atoms with E-state index in [4.69, 9.17) is 5.11 Å². The molecule has 5 heteroatoms. The van der Waals surface area contributed by atoms with E-state index in [0.29, 0.717) is 12.1 Å². The molecule has 1 aromatic heterocycles. The van der Waals surface area contributed by atoms with E-state index in [-0.39, 0.29) is 0 Å². The number of aromatic carboxylic acids is 1. The Morgan fingerprint density at radius 2 is 2.26 bits per heavy atom. The second-order valence-electron chi connectivity index (χ2n) is 4.39. The number of carboxylic acids is 1. The molecule has 2 rings (SSSR count). The first kappa shape index (κ1) is 13.1. The number of hydrogen-bond donors (Lipinski definition) is 3. The van der Waals surface area contributed by atoms with E-state index in [1.165, 1.54) is 0 Å². The molecule has 1 aromatic carbocycles. The van der Waals surface area contributed by atoms with Crippen molar-refractivity contribution in [1.29, 1.82) is 0 Å². The van der Waals surface area contributed by atoms with Gasteiger partial charge in [-0.1, -0.05) is 19.1 Å². The Morgan fingerprint density at radius 3 is 2.89 bits per heavy atom. The number of nitrogens with one attached hydrogen (secondary N) is 2. The van der Waals surface area contributed by atoms with Crippen molar-refractivity contribution in [2.75, 3.05) is 5.32 Å². The standard InChI is InChI=1S/C14H17N3O2/c1-3-12-9(2)13(17-16-12)15-8-10-5-4-6-11(7-10)14(18)19/h4-7H,3,8H2,1-2H3,(H,18,19)(H2,15,16,17). The highest BCUT2D eigenvalue weighted by Crippen LogP contribution is 2.16. The van der Waals surface area contributed by atoms with Crippen LogP contribution in [0.25, 0.3) is 0 Å². The van der Waals surface area contributed by atoms with E-state index >= 15 is 0 Å². The molecule has 100 valence electrons. The van der Waals surface area contributed by atoms with Crippen LogP contribution in [0.1, 0.15) is 34.1 Å². The molecule has 19 heavy (non-hydrogen) atoms. The number of aromatic amines is 1. The number of benzene rings is 1. The van der Waals surface area contributed by atoms with Crippen molar-refractivity contribution in [1.82, 2.24) is 10.2 Å². The maximum absolute atomic E-state index is 10.9. The van der Waals surface area contributed by atoms with Gasteiger partial charge in [0, 0.05) is 17.8 Å². The Kier molecular flexibility index (Phi) is 3.85. The van der Waals surface area contributed by atoms with Crippen LogP contribution in [0.3, 0.4) is 0 Å². The van der Waals surface area contributed by atoms with Crippen LogP contribution in [0.4, 0.5) is 5.82 Å². The summed E-state index contributed by atoms with van der Waals surface area (Å²) in [7, 11) is 0. The quantitative estimate of drug-likeness (QED) is 0.771. The van der Waals surface area contributed by atoms with E-state index in [2.05, 4.69) is 22.4 Å². The number of nitrogens with zero attached hydrogens (tertiary/aromatic N) is 1. The van der Waals surface area contributed by atoms with Gasteiger partial charge in [0.15, 0.2) is 5.82 Å². The van der Waals surface area contributed by atoms with Gasteiger partial charge in [0.05, 0.1) is 5.56 Å². The summed E-state index contributed by atoms with van der Waals surface area (Å²) in [5.74, 6) is -0.0938. The van der Waals surface area contributed by atoms with Gasteiger partial charge in [-0.15, -0.1) is 0 Å². The summed E-state index contributed by atoms with van der Waals surface area (Å²) in [5.41, 5.74) is 3.44. The lowest BCUT2D eigenvalue weighted by Crippen LogP contribution is -2.03. The number of carboxylic acid groups (broad SMARTS) is 1. The van der Waals surface area contributed by atoms with Crippen molar-refractivity contribution in [2.24, 2.45) is 0 Å². The fourth-order valence-electron chi connectivity index (χ4n) is 1.95. The lowest BCUT2D eigenvalue weighted by atomic mass is 10.1. The Bertz CT molecular complexity index is 590. The molecule has 0 saturated heterocycles. The molecule has 0 radical (unpaired) electrons. The third-order valence-corrected chi connectivity index (χ3v) is 3.10. The Labute approximate surface area is 111 Å². The van der Waals surface area contributed by atoms with Gasteiger partial charge in [0.1, 0.15) is 0 Å². The molecule has 0 fully saturated rings. The molecular weight excluding hydrogens is 242 g/mol. The SMILES string of the molecule is CCc1[nH]nc(NCc2cccc(C(=O)O)c2)c1C. The second kappa shape index (κ2) is 5.56. The van der Waals surface area contributed by atoms with Crippen LogP contribution in [0.2, 0.25) is 0 Å². The molecule has 0 bridgehead atoms. The van der Waals surface area contributed by atoms with Crippen LogP contribution in [0, 0.1) is 6.92 Å². The zero-order chi connectivity index (χ0) is 13.8. The van der Waals surface area contributed by atoms with Crippen LogP contribution in [0.5, 0.6) is 0 Å². The van der Waals surface area contributed by atoms with Gasteiger partial charge in [-0.25, -0.2) is 4.79 Å². The molecule has 0 aliphatic heterocycles. The average Bonchev–Trinajstić information content (AvgIpc) is 2.77. The van der Waals surface area contributed by atoms with Crippen LogP contribution in [-0.4, -0.2) is 21.3 Å². The molecule has 0 aliphatic rings. The van der Waals surface area contributed by atoms with Crippen molar-refractivity contribution < 1.29 is 9.90 Å². The van der Waals surface area contributed by atoms with E-state index in [9.17, 15) is 4.79 Å². The first-order valence-corrected chi connectivity index (χ1v) is 6.21. The molecule has 3 N–H and O–H groups in total. The highest BCUT2D eigenvalue weighted by Gasteiger charge is 2.07. The highest BCUT2D eigenvalue weighted by atomic mass is 16.4. The van der Waals surface area contributed by atoms with E-state index < -0.39 is 5.97 Å². The Morgan fingerprint density at radius 1 is 1.47 bits per heavy atom. The molecule has 0 atom stereocenters. The zero-order valence-electron chi connectivity index (χ0n) is 11.0. The topological polar surface area (TPSA) is 78.0 Å². The normalized spacial score (nSPS) is 10.4. The summed E-state index contributed by atoms with van der Waals surface area (Å²) in [6.45, 7) is 4.63. The average molecular weight is 259 g/mol. The minimum Gasteiger partial charge on any atom is -0.478 e. The molecule has 0 amide bonds. The van der Waals surface area contributed by atoms with E-state index in [1.807, 2.05) is 13.0 Å². The zero-order valence-corrected chi connectivity index (χ0v) is 11.0. The number of rotatable bonds is 5. The summed E-state index contributed by atoms with van der Waals surface area (Å²) >= 11 is 0. The monoisotopic (exact) mass is 259 g/mol. The van der Waals surface area contributed by atoms with Gasteiger partial charge < -0.3 is 10.4 Å². The molecule has 1 heterocycles. The van der Waals surface area contributed by atoms with Gasteiger partial charge in [-0.3, -0.25) is 5.10 Å². The van der Waals surface area contributed by atoms with Crippen LogP contribution in [0.15, 0.2) is 24.3 Å². The first-order valence-electron chi connectivity index (χ1n) is 6.21. The molecule has 0 aliphatic carbocycles. The summed E-state index contributed by atoms with van der Waals surface area (Å²) in [5, 5.41) is 19.3. The Hall–Kier alpha value is -2.30. The summed E-state index contributed by atoms with van der Waals surface area (Å²) < 4.78 is 0. The third-order valence-electron chi connectivity index (χ3n) is 3.10. The number of H-pyrrole nitrogens is 1. The molecule has 0 spiro atoms. The maximum Gasteiger partial charge on any atom is 0.335 e. The van der Waals surface area contributed by atoms with Crippen LogP contribution in [-0.2, 0) is 13.0 Å². The summed E-state index contributed by atoms with van der Waals surface area (Å²) in [6.07, 6.45) is 0.912. The van der Waals surface area contributed by atoms with E-state index in [0.717, 1.165) is 29.1 Å². The highest BCUT2D eigenvalue weighted by molar-refractivity contribution is 5.87. The van der Waals surface area contributed by atoms with Gasteiger partial charge in [0.2, 0.25) is 0 Å². The Balaban J connectivity index is 2.08. The largest absolute Gasteiger partial charge is 0.478 e. The maximum atomic E-state index is 10.9. The predicted molar refractivity (Wildman–Crippen MR) is 73.4 cm³/mol. The van der Waals surface area contributed by atoms with Crippen molar-refractivity contribution >= 4 is 11.8 Å². The van der Waals surface area contributed by atoms with Crippen molar-refractivity contribution in [3.63, 3.8) is 0 Å². The lowest BCUT2D eigenvalue weighted by Gasteiger charge is -2.05. The van der Waals surface area contributed by atoms with Crippen LogP contribution >= 0.6 is 0 Å². The number of carbonyl (C=O) groups is 1. The molecule has 2 aromatic rings. The summed E-state index contributed by atoms with van der Waals surface area (Å²) in [6, 6.07) is 6.89. The molecule has 0 saturated carbocycles. The van der Waals surface area contributed by atoms with Crippen molar-refractivity contribution in [3.05, 3.63) is 46.6 Å². The minimum atomic E-state index is -0.911. The van der Waals surface area contributed by atoms with Gasteiger partial charge >= 0.3 is 5.97 Å². The minimum absolute atomic E-state index is 0.298. The molecular formula is C14H17N3O2. The van der Waals surface area contributed by atoms with Crippen LogP contribution < -0.4 is 5.32 Å². The number of aromatic nitrogens is 2. The van der Waals surface area contributed by atoms with Gasteiger partial charge in [-0.05, 0) is 31.0 Å². The number of anilines is 1. The molecule has 0 unspecified atom stereocenters. The lowest BCUT2D eigenvalue weighted by molar-refractivity contribution is 0.0697. The van der Waals surface area contributed by atoms with Crippen molar-refractivity contribution in [2.45, 2.75) is 26.8 Å². The number of hydrogen-bond acceptors (Lipinski definition) is 3. The van der Waals surface area contributed by atoms with E-state index in [1.54, 1.807) is 18.2 Å². The summed E-state index contributed by atoms with van der Waals surface area (Å²) in [4.78, 5) is 10.9. The fourth-order valence-corrected chi connectivity index (χ4v) is 1.95. The van der Waals surface area contributed by atoms with Gasteiger partial charge in [-0.2, -0.15) is 5.10 Å². The predicted octanol–water partition coefficient (Wildman–Crippen LogP) is 2.59. The second-order valence-corrected chi connectivity index (χ2v) is 4.39. The third kappa shape index (κ3) is 2.93. The molecule has 5 nitrogen and oxygen atoms in total. The van der Waals surface area contributed by atoms with Gasteiger partial charge in [0.25, 0.3) is 0 Å². The van der Waals surface area contributed by atoms with Crippen molar-refractivity contribution in [3.8, 4) is 0 Å². The first-order chi connectivity index (χ1) is 9.11. The fraction of sp³-hybridized carbons (Fsp3) is 0.286. The smallest absolute Gasteiger partial charge is 0.335 e. The number of aryl methyl sites for hydroxylation is 1.